The second-order valence-corrected chi connectivity index (χ2v) is 4.60. The Hall–Kier alpha value is -1.08. The van der Waals surface area contributed by atoms with E-state index in [1.807, 2.05) is 12.2 Å². The summed E-state index contributed by atoms with van der Waals surface area (Å²) >= 11 is 0. The average molecular weight is 248 g/mol. The van der Waals surface area contributed by atoms with Gasteiger partial charge in [0.25, 0.3) is 0 Å². The Balaban J connectivity index is 3.51. The van der Waals surface area contributed by atoms with Gasteiger partial charge in [0.2, 0.25) is 0 Å². The molecule has 18 heavy (non-hydrogen) atoms. The van der Waals surface area contributed by atoms with Crippen molar-refractivity contribution in [3.05, 3.63) is 49.1 Å². The lowest BCUT2D eigenvalue weighted by Crippen LogP contribution is -1.88. The fraction of sp³-hybridized carbons (Fsp3) is 0.529. The molecule has 0 spiro atoms. The van der Waals surface area contributed by atoms with Gasteiger partial charge in [-0.05, 0) is 44.4 Å². The van der Waals surface area contributed by atoms with Crippen molar-refractivity contribution < 1.29 is 5.11 Å². The van der Waals surface area contributed by atoms with Gasteiger partial charge in [-0.2, -0.15) is 0 Å². The molecule has 1 nitrogen and oxygen atoms in total. The maximum absolute atomic E-state index is 8.63. The molecule has 0 aromatic rings. The first kappa shape index (κ1) is 16.9. The van der Waals surface area contributed by atoms with Crippen LogP contribution in [0, 0.1) is 5.92 Å². The summed E-state index contributed by atoms with van der Waals surface area (Å²) in [5, 5.41) is 8.63. The highest BCUT2D eigenvalue weighted by molar-refractivity contribution is 5.04. The molecule has 0 fully saturated rings. The van der Waals surface area contributed by atoms with Crippen LogP contribution in [0.25, 0.3) is 0 Å². The van der Waals surface area contributed by atoms with Crippen LogP contribution in [-0.4, -0.2) is 11.7 Å². The second kappa shape index (κ2) is 14.0. The summed E-state index contributed by atoms with van der Waals surface area (Å²) in [6.07, 6.45) is 21.3. The van der Waals surface area contributed by atoms with Crippen LogP contribution < -0.4 is 0 Å². The van der Waals surface area contributed by atoms with E-state index in [1.165, 1.54) is 12.8 Å². The van der Waals surface area contributed by atoms with Gasteiger partial charge in [0.05, 0.1) is 0 Å². The third-order valence-electron chi connectivity index (χ3n) is 2.77. The molecule has 0 rings (SSSR count). The van der Waals surface area contributed by atoms with E-state index in [1.54, 1.807) is 0 Å². The molecule has 0 saturated carbocycles. The van der Waals surface area contributed by atoms with Crippen molar-refractivity contribution in [1.82, 2.24) is 0 Å². The molecule has 1 N–H and O–H groups in total. The third kappa shape index (κ3) is 13.0. The molecule has 0 aliphatic carbocycles. The van der Waals surface area contributed by atoms with Crippen LogP contribution in [0.5, 0.6) is 0 Å². The molecule has 1 atom stereocenters. The van der Waals surface area contributed by atoms with Crippen LogP contribution in [0.3, 0.4) is 0 Å². The van der Waals surface area contributed by atoms with Gasteiger partial charge in [0.15, 0.2) is 0 Å². The smallest absolute Gasteiger partial charge is 0.0431 e. The average Bonchev–Trinajstić information content (AvgIpc) is 2.37. The van der Waals surface area contributed by atoms with Gasteiger partial charge < -0.3 is 5.11 Å². The van der Waals surface area contributed by atoms with Gasteiger partial charge in [-0.25, -0.2) is 0 Å². The summed E-state index contributed by atoms with van der Waals surface area (Å²) in [5.41, 5.74) is 0. The zero-order chi connectivity index (χ0) is 13.5. The van der Waals surface area contributed by atoms with Gasteiger partial charge in [-0.15, -0.1) is 0 Å². The summed E-state index contributed by atoms with van der Waals surface area (Å²) in [5.74, 6) is 0.643. The predicted molar refractivity (Wildman–Crippen MR) is 81.6 cm³/mol. The SMILES string of the molecule is C=C/C=C/CCC[C@H](C)/C=C/C=C/CCCCO. The number of rotatable bonds is 11. The molecule has 102 valence electrons. The first-order valence-electron chi connectivity index (χ1n) is 7.03. The monoisotopic (exact) mass is 248 g/mol. The molecule has 0 amide bonds. The van der Waals surface area contributed by atoms with E-state index < -0.39 is 0 Å². The number of aliphatic hydroxyl groups is 1. The van der Waals surface area contributed by atoms with Crippen LogP contribution in [-0.2, 0) is 0 Å². The summed E-state index contributed by atoms with van der Waals surface area (Å²) in [6.45, 7) is 6.21. The third-order valence-corrected chi connectivity index (χ3v) is 2.77. The minimum atomic E-state index is 0.307. The summed E-state index contributed by atoms with van der Waals surface area (Å²) in [4.78, 5) is 0. The molecule has 0 aromatic heterocycles. The van der Waals surface area contributed by atoms with Crippen molar-refractivity contribution in [3.63, 3.8) is 0 Å². The first-order valence-corrected chi connectivity index (χ1v) is 7.03. The maximum Gasteiger partial charge on any atom is 0.0431 e. The fourth-order valence-corrected chi connectivity index (χ4v) is 1.65. The van der Waals surface area contributed by atoms with E-state index in [0.717, 1.165) is 25.7 Å². The molecule has 0 bridgehead atoms. The standard InChI is InChI=1S/C17H28O/c1-3-4-5-8-11-14-17(2)15-12-9-6-7-10-13-16-18/h3-6,9,12,15,17-18H,1,7-8,10-11,13-14,16H2,2H3/b5-4+,9-6+,15-12+/t17-/m0/s1. The molecule has 0 aliphatic heterocycles. The first-order chi connectivity index (χ1) is 8.81. The highest BCUT2D eigenvalue weighted by Crippen LogP contribution is 2.09. The van der Waals surface area contributed by atoms with Crippen molar-refractivity contribution in [2.45, 2.75) is 45.4 Å². The number of aliphatic hydroxyl groups excluding tert-OH is 1. The van der Waals surface area contributed by atoms with E-state index in [4.69, 9.17) is 5.11 Å². The second-order valence-electron chi connectivity index (χ2n) is 4.60. The zero-order valence-electron chi connectivity index (χ0n) is 11.7. The topological polar surface area (TPSA) is 20.2 Å². The van der Waals surface area contributed by atoms with E-state index in [2.05, 4.69) is 43.9 Å². The van der Waals surface area contributed by atoms with Crippen molar-refractivity contribution in [2.75, 3.05) is 6.61 Å². The lowest BCUT2D eigenvalue weighted by Gasteiger charge is -2.03. The van der Waals surface area contributed by atoms with E-state index in [9.17, 15) is 0 Å². The van der Waals surface area contributed by atoms with Gasteiger partial charge >= 0.3 is 0 Å². The molecule has 0 radical (unpaired) electrons. The lowest BCUT2D eigenvalue weighted by atomic mass is 10.0. The number of hydrogen-bond acceptors (Lipinski definition) is 1. The van der Waals surface area contributed by atoms with Crippen LogP contribution >= 0.6 is 0 Å². The van der Waals surface area contributed by atoms with Crippen molar-refractivity contribution in [1.29, 1.82) is 0 Å². The largest absolute Gasteiger partial charge is 0.396 e. The van der Waals surface area contributed by atoms with Crippen molar-refractivity contribution in [3.8, 4) is 0 Å². The molecule has 0 saturated heterocycles. The molecular weight excluding hydrogens is 220 g/mol. The molecule has 0 unspecified atom stereocenters. The van der Waals surface area contributed by atoms with Gasteiger partial charge in [-0.1, -0.05) is 56.0 Å². The van der Waals surface area contributed by atoms with Crippen LogP contribution in [0.4, 0.5) is 0 Å². The zero-order valence-corrected chi connectivity index (χ0v) is 11.7. The molecule has 1 heteroatoms. The quantitative estimate of drug-likeness (QED) is 0.411. The van der Waals surface area contributed by atoms with Gasteiger partial charge in [0.1, 0.15) is 0 Å². The van der Waals surface area contributed by atoms with E-state index in [-0.39, 0.29) is 0 Å². The summed E-state index contributed by atoms with van der Waals surface area (Å²) in [7, 11) is 0. The Morgan fingerprint density at radius 1 is 1.00 bits per heavy atom. The van der Waals surface area contributed by atoms with Crippen LogP contribution in [0.2, 0.25) is 0 Å². The summed E-state index contributed by atoms with van der Waals surface area (Å²) in [6, 6.07) is 0. The fourth-order valence-electron chi connectivity index (χ4n) is 1.65. The van der Waals surface area contributed by atoms with Crippen molar-refractivity contribution >= 4 is 0 Å². The molecule has 0 aliphatic rings. The van der Waals surface area contributed by atoms with Crippen LogP contribution in [0.15, 0.2) is 49.1 Å². The lowest BCUT2D eigenvalue weighted by molar-refractivity contribution is 0.285. The Labute approximate surface area is 113 Å². The minimum absolute atomic E-state index is 0.307. The minimum Gasteiger partial charge on any atom is -0.396 e. The number of allylic oxidation sites excluding steroid dienone is 7. The van der Waals surface area contributed by atoms with Gasteiger partial charge in [-0.3, -0.25) is 0 Å². The highest BCUT2D eigenvalue weighted by Gasteiger charge is 1.94. The molecule has 0 aromatic carbocycles. The van der Waals surface area contributed by atoms with Gasteiger partial charge in [0, 0.05) is 6.61 Å². The Morgan fingerprint density at radius 2 is 1.72 bits per heavy atom. The number of unbranched alkanes of at least 4 members (excludes halogenated alkanes) is 3. The highest BCUT2D eigenvalue weighted by atomic mass is 16.2. The molecule has 0 heterocycles. The van der Waals surface area contributed by atoms with Crippen molar-refractivity contribution in [2.24, 2.45) is 5.92 Å². The normalized spacial score (nSPS) is 13.9. The molecular formula is C17H28O. The Kier molecular flexibility index (Phi) is 13.1. The Bertz CT molecular complexity index is 261. The maximum atomic E-state index is 8.63. The van der Waals surface area contributed by atoms with E-state index in [0.29, 0.717) is 12.5 Å². The Morgan fingerprint density at radius 3 is 2.44 bits per heavy atom. The predicted octanol–water partition coefficient (Wildman–Crippen LogP) is 4.81. The van der Waals surface area contributed by atoms with Crippen LogP contribution in [0.1, 0.15) is 45.4 Å². The number of hydrogen-bond donors (Lipinski definition) is 1. The summed E-state index contributed by atoms with van der Waals surface area (Å²) < 4.78 is 0. The van der Waals surface area contributed by atoms with E-state index >= 15 is 0 Å².